The van der Waals surface area contributed by atoms with E-state index in [1.807, 2.05) is 12.1 Å². The van der Waals surface area contributed by atoms with Gasteiger partial charge >= 0.3 is 0 Å². The summed E-state index contributed by atoms with van der Waals surface area (Å²) in [6.07, 6.45) is 3.62. The SMILES string of the molecule is Cl.O=C(NCCC1CCCNC1)c1ccc(Br)s1. The van der Waals surface area contributed by atoms with E-state index in [9.17, 15) is 4.79 Å². The van der Waals surface area contributed by atoms with Crippen LogP contribution in [0.5, 0.6) is 0 Å². The third-order valence-electron chi connectivity index (χ3n) is 3.03. The summed E-state index contributed by atoms with van der Waals surface area (Å²) in [7, 11) is 0. The number of hydrogen-bond donors (Lipinski definition) is 2. The highest BCUT2D eigenvalue weighted by Gasteiger charge is 2.13. The Balaban J connectivity index is 0.00000162. The molecule has 1 atom stereocenters. The lowest BCUT2D eigenvalue weighted by atomic mass is 9.96. The molecular weight excluding hydrogens is 336 g/mol. The first-order valence-corrected chi connectivity index (χ1v) is 7.61. The number of halogens is 2. The Labute approximate surface area is 126 Å². The minimum atomic E-state index is 0. The molecule has 0 saturated carbocycles. The van der Waals surface area contributed by atoms with Crippen molar-refractivity contribution in [1.29, 1.82) is 0 Å². The smallest absolute Gasteiger partial charge is 0.261 e. The third-order valence-corrected chi connectivity index (χ3v) is 4.66. The predicted molar refractivity (Wildman–Crippen MR) is 81.8 cm³/mol. The van der Waals surface area contributed by atoms with Gasteiger partial charge in [0, 0.05) is 6.54 Å². The molecule has 1 aliphatic rings. The van der Waals surface area contributed by atoms with Crippen LogP contribution in [0.15, 0.2) is 15.9 Å². The predicted octanol–water partition coefficient (Wildman–Crippen LogP) is 3.05. The second-order valence-corrected chi connectivity index (χ2v) is 6.82. The Kier molecular flexibility index (Phi) is 7.22. The van der Waals surface area contributed by atoms with Crippen molar-refractivity contribution >= 4 is 45.6 Å². The van der Waals surface area contributed by atoms with Crippen LogP contribution in [0.4, 0.5) is 0 Å². The normalized spacial score (nSPS) is 19.1. The number of carbonyl (C=O) groups is 1. The van der Waals surface area contributed by atoms with Crippen molar-refractivity contribution in [2.45, 2.75) is 19.3 Å². The van der Waals surface area contributed by atoms with Gasteiger partial charge in [-0.05, 0) is 66.3 Å². The fraction of sp³-hybridized carbons (Fsp3) is 0.583. The van der Waals surface area contributed by atoms with Crippen molar-refractivity contribution in [1.82, 2.24) is 10.6 Å². The van der Waals surface area contributed by atoms with E-state index in [1.165, 1.54) is 24.2 Å². The molecule has 0 aromatic carbocycles. The molecule has 2 heterocycles. The minimum absolute atomic E-state index is 0. The largest absolute Gasteiger partial charge is 0.351 e. The molecule has 0 aliphatic carbocycles. The van der Waals surface area contributed by atoms with E-state index in [0.29, 0.717) is 0 Å². The highest BCUT2D eigenvalue weighted by Crippen LogP contribution is 2.21. The molecule has 1 amide bonds. The van der Waals surface area contributed by atoms with Crippen LogP contribution in [0.25, 0.3) is 0 Å². The van der Waals surface area contributed by atoms with E-state index in [0.717, 1.165) is 40.6 Å². The lowest BCUT2D eigenvalue weighted by molar-refractivity contribution is 0.0954. The van der Waals surface area contributed by atoms with Crippen LogP contribution in [0, 0.1) is 5.92 Å². The zero-order chi connectivity index (χ0) is 12.1. The van der Waals surface area contributed by atoms with E-state index in [2.05, 4.69) is 26.6 Å². The number of nitrogens with one attached hydrogen (secondary N) is 2. The average molecular weight is 354 g/mol. The summed E-state index contributed by atoms with van der Waals surface area (Å²) in [6.45, 7) is 3.02. The van der Waals surface area contributed by atoms with E-state index in [-0.39, 0.29) is 18.3 Å². The quantitative estimate of drug-likeness (QED) is 0.873. The van der Waals surface area contributed by atoms with Crippen molar-refractivity contribution in [3.05, 3.63) is 20.8 Å². The number of hydrogen-bond acceptors (Lipinski definition) is 3. The van der Waals surface area contributed by atoms with Gasteiger partial charge < -0.3 is 10.6 Å². The molecule has 1 unspecified atom stereocenters. The van der Waals surface area contributed by atoms with Crippen LogP contribution in [0.3, 0.4) is 0 Å². The van der Waals surface area contributed by atoms with Crippen molar-refractivity contribution in [2.75, 3.05) is 19.6 Å². The maximum absolute atomic E-state index is 11.8. The fourth-order valence-electron chi connectivity index (χ4n) is 2.08. The van der Waals surface area contributed by atoms with Gasteiger partial charge in [-0.15, -0.1) is 23.7 Å². The first-order valence-electron chi connectivity index (χ1n) is 6.00. The van der Waals surface area contributed by atoms with E-state index in [4.69, 9.17) is 0 Å². The van der Waals surface area contributed by atoms with Crippen LogP contribution >= 0.6 is 39.7 Å². The molecule has 2 rings (SSSR count). The molecule has 18 heavy (non-hydrogen) atoms. The molecule has 1 aromatic heterocycles. The summed E-state index contributed by atoms with van der Waals surface area (Å²) >= 11 is 4.84. The minimum Gasteiger partial charge on any atom is -0.351 e. The summed E-state index contributed by atoms with van der Waals surface area (Å²) in [6, 6.07) is 3.76. The lowest BCUT2D eigenvalue weighted by Gasteiger charge is -2.22. The molecule has 0 radical (unpaired) electrons. The van der Waals surface area contributed by atoms with Gasteiger partial charge in [-0.1, -0.05) is 0 Å². The Morgan fingerprint density at radius 2 is 2.39 bits per heavy atom. The van der Waals surface area contributed by atoms with Crippen molar-refractivity contribution in [2.24, 2.45) is 5.92 Å². The Morgan fingerprint density at radius 3 is 3.00 bits per heavy atom. The zero-order valence-corrected chi connectivity index (χ0v) is 13.3. The molecule has 6 heteroatoms. The highest BCUT2D eigenvalue weighted by molar-refractivity contribution is 9.11. The molecule has 1 aliphatic heterocycles. The molecule has 0 spiro atoms. The van der Waals surface area contributed by atoms with Gasteiger partial charge in [-0.25, -0.2) is 0 Å². The summed E-state index contributed by atoms with van der Waals surface area (Å²) in [5.74, 6) is 0.767. The van der Waals surface area contributed by atoms with Crippen molar-refractivity contribution in [3.63, 3.8) is 0 Å². The van der Waals surface area contributed by atoms with Gasteiger partial charge in [-0.3, -0.25) is 4.79 Å². The molecule has 1 saturated heterocycles. The van der Waals surface area contributed by atoms with Gasteiger partial charge in [0.2, 0.25) is 0 Å². The summed E-state index contributed by atoms with van der Waals surface area (Å²) < 4.78 is 0.999. The molecule has 1 fully saturated rings. The fourth-order valence-corrected chi connectivity index (χ4v) is 3.39. The molecule has 0 bridgehead atoms. The maximum atomic E-state index is 11.8. The summed E-state index contributed by atoms with van der Waals surface area (Å²) in [4.78, 5) is 12.5. The Bertz CT molecular complexity index is 380. The number of rotatable bonds is 4. The van der Waals surface area contributed by atoms with Gasteiger partial charge in [0.25, 0.3) is 5.91 Å². The third kappa shape index (κ3) is 4.88. The average Bonchev–Trinajstić information content (AvgIpc) is 2.77. The number of amides is 1. The number of piperidine rings is 1. The van der Waals surface area contributed by atoms with Gasteiger partial charge in [0.1, 0.15) is 0 Å². The summed E-state index contributed by atoms with van der Waals surface area (Å²) in [5, 5.41) is 6.37. The first-order chi connectivity index (χ1) is 8.25. The molecule has 102 valence electrons. The Morgan fingerprint density at radius 1 is 1.56 bits per heavy atom. The maximum Gasteiger partial charge on any atom is 0.261 e. The lowest BCUT2D eigenvalue weighted by Crippen LogP contribution is -2.33. The van der Waals surface area contributed by atoms with E-state index >= 15 is 0 Å². The summed E-state index contributed by atoms with van der Waals surface area (Å²) in [5.41, 5.74) is 0. The van der Waals surface area contributed by atoms with E-state index < -0.39 is 0 Å². The van der Waals surface area contributed by atoms with Crippen LogP contribution in [0.2, 0.25) is 0 Å². The van der Waals surface area contributed by atoms with Crippen LogP contribution < -0.4 is 10.6 Å². The number of carbonyl (C=O) groups excluding carboxylic acids is 1. The molecule has 3 nitrogen and oxygen atoms in total. The monoisotopic (exact) mass is 352 g/mol. The second-order valence-electron chi connectivity index (χ2n) is 4.36. The molecule has 1 aromatic rings. The topological polar surface area (TPSA) is 41.1 Å². The first kappa shape index (κ1) is 16.0. The van der Waals surface area contributed by atoms with Gasteiger partial charge in [-0.2, -0.15) is 0 Å². The second kappa shape index (κ2) is 8.15. The Hall–Kier alpha value is -0.100. The van der Waals surface area contributed by atoms with Crippen molar-refractivity contribution in [3.8, 4) is 0 Å². The van der Waals surface area contributed by atoms with Crippen LogP contribution in [-0.4, -0.2) is 25.5 Å². The number of thiophene rings is 1. The van der Waals surface area contributed by atoms with Gasteiger partial charge in [0.05, 0.1) is 8.66 Å². The van der Waals surface area contributed by atoms with Crippen LogP contribution in [0.1, 0.15) is 28.9 Å². The van der Waals surface area contributed by atoms with Crippen molar-refractivity contribution < 1.29 is 4.79 Å². The van der Waals surface area contributed by atoms with Gasteiger partial charge in [0.15, 0.2) is 0 Å². The standard InChI is InChI=1S/C12H17BrN2OS.ClH/c13-11-4-3-10(17-11)12(16)15-7-5-9-2-1-6-14-8-9;/h3-4,9,14H,1-2,5-8H2,(H,15,16);1H. The molecule has 2 N–H and O–H groups in total. The van der Waals surface area contributed by atoms with Crippen LogP contribution in [-0.2, 0) is 0 Å². The van der Waals surface area contributed by atoms with E-state index in [1.54, 1.807) is 0 Å². The molecular formula is C12H18BrClN2OS. The highest BCUT2D eigenvalue weighted by atomic mass is 79.9. The zero-order valence-electron chi connectivity index (χ0n) is 10.1.